The standard InChI is InChI=1S/C28H24N4O/c1-19-11-7-10-16-26(19)31-20(2)17-23(21(31)3)18-29-32-27(22-12-5-4-6-13-22)30-25-15-9-8-14-24(25)28(32)33/h4-18H,1-3H3. The van der Waals surface area contributed by atoms with E-state index in [9.17, 15) is 4.79 Å². The van der Waals surface area contributed by atoms with Crippen LogP contribution in [0.25, 0.3) is 28.0 Å². The van der Waals surface area contributed by atoms with E-state index in [0.717, 1.165) is 28.2 Å². The predicted molar refractivity (Wildman–Crippen MR) is 134 cm³/mol. The van der Waals surface area contributed by atoms with Crippen molar-refractivity contribution in [3.63, 3.8) is 0 Å². The van der Waals surface area contributed by atoms with Crippen LogP contribution in [-0.2, 0) is 0 Å². The monoisotopic (exact) mass is 432 g/mol. The first-order valence-electron chi connectivity index (χ1n) is 10.9. The van der Waals surface area contributed by atoms with Crippen LogP contribution in [0.3, 0.4) is 0 Å². The van der Waals surface area contributed by atoms with Crippen molar-refractivity contribution in [2.24, 2.45) is 5.10 Å². The second-order valence-electron chi connectivity index (χ2n) is 8.13. The van der Waals surface area contributed by atoms with E-state index in [2.05, 4.69) is 48.6 Å². The lowest BCUT2D eigenvalue weighted by atomic mass is 10.2. The molecule has 2 heterocycles. The zero-order valence-electron chi connectivity index (χ0n) is 18.9. The van der Waals surface area contributed by atoms with Crippen LogP contribution in [0.4, 0.5) is 0 Å². The SMILES string of the molecule is Cc1ccccc1-n1c(C)cc(C=Nn2c(-c3ccccc3)nc3ccccc3c2=O)c1C. The van der Waals surface area contributed by atoms with Crippen molar-refractivity contribution in [2.45, 2.75) is 20.8 Å². The molecule has 162 valence electrons. The third-order valence-electron chi connectivity index (χ3n) is 5.92. The molecule has 0 radical (unpaired) electrons. The molecule has 5 heteroatoms. The largest absolute Gasteiger partial charge is 0.318 e. The average Bonchev–Trinajstić information content (AvgIpc) is 3.12. The Balaban J connectivity index is 1.67. The molecular formula is C28H24N4O. The van der Waals surface area contributed by atoms with Crippen molar-refractivity contribution in [1.82, 2.24) is 14.2 Å². The van der Waals surface area contributed by atoms with Gasteiger partial charge in [-0.15, -0.1) is 0 Å². The molecule has 0 spiro atoms. The van der Waals surface area contributed by atoms with Crippen molar-refractivity contribution in [2.75, 3.05) is 0 Å². The Morgan fingerprint density at radius 3 is 2.33 bits per heavy atom. The van der Waals surface area contributed by atoms with Gasteiger partial charge in [0.1, 0.15) is 0 Å². The third-order valence-corrected chi connectivity index (χ3v) is 5.92. The molecule has 5 aromatic rings. The topological polar surface area (TPSA) is 52.2 Å². The normalized spacial score (nSPS) is 11.5. The molecule has 0 aliphatic carbocycles. The summed E-state index contributed by atoms with van der Waals surface area (Å²) in [5.41, 5.74) is 6.77. The lowest BCUT2D eigenvalue weighted by Gasteiger charge is -2.12. The Kier molecular flexibility index (Phi) is 5.23. The van der Waals surface area contributed by atoms with Crippen LogP contribution >= 0.6 is 0 Å². The van der Waals surface area contributed by atoms with Crippen LogP contribution in [0.5, 0.6) is 0 Å². The summed E-state index contributed by atoms with van der Waals surface area (Å²) in [4.78, 5) is 18.1. The van der Waals surface area contributed by atoms with E-state index >= 15 is 0 Å². The van der Waals surface area contributed by atoms with Crippen molar-refractivity contribution >= 4 is 17.1 Å². The van der Waals surface area contributed by atoms with Gasteiger partial charge in [-0.05, 0) is 50.6 Å². The van der Waals surface area contributed by atoms with Gasteiger partial charge >= 0.3 is 0 Å². The maximum absolute atomic E-state index is 13.4. The average molecular weight is 433 g/mol. The van der Waals surface area contributed by atoms with Gasteiger partial charge in [0, 0.05) is 28.2 Å². The van der Waals surface area contributed by atoms with Crippen LogP contribution in [0.1, 0.15) is 22.5 Å². The Bertz CT molecular complexity index is 1560. The molecule has 0 fully saturated rings. The first kappa shape index (κ1) is 20.6. The van der Waals surface area contributed by atoms with Gasteiger partial charge < -0.3 is 4.57 Å². The van der Waals surface area contributed by atoms with Gasteiger partial charge in [-0.1, -0.05) is 60.7 Å². The first-order chi connectivity index (χ1) is 16.0. The van der Waals surface area contributed by atoms with Crippen LogP contribution in [-0.4, -0.2) is 20.4 Å². The van der Waals surface area contributed by atoms with Gasteiger partial charge in [0.2, 0.25) is 0 Å². The number of hydrogen-bond donors (Lipinski definition) is 0. The number of fused-ring (bicyclic) bond motifs is 1. The highest BCUT2D eigenvalue weighted by atomic mass is 16.1. The lowest BCUT2D eigenvalue weighted by Crippen LogP contribution is -2.20. The molecule has 0 atom stereocenters. The highest BCUT2D eigenvalue weighted by molar-refractivity contribution is 5.83. The molecule has 0 saturated heterocycles. The Morgan fingerprint density at radius 1 is 0.848 bits per heavy atom. The molecule has 33 heavy (non-hydrogen) atoms. The molecule has 2 aromatic heterocycles. The number of rotatable bonds is 4. The summed E-state index contributed by atoms with van der Waals surface area (Å²) in [5.74, 6) is 0.517. The zero-order chi connectivity index (χ0) is 22.9. The van der Waals surface area contributed by atoms with Crippen LogP contribution < -0.4 is 5.56 Å². The molecule has 0 aliphatic heterocycles. The Labute approximate surface area is 192 Å². The molecular weight excluding hydrogens is 408 g/mol. The van der Waals surface area contributed by atoms with Gasteiger partial charge in [-0.3, -0.25) is 4.79 Å². The van der Waals surface area contributed by atoms with Crippen molar-refractivity contribution < 1.29 is 0 Å². The molecule has 5 nitrogen and oxygen atoms in total. The molecule has 5 rings (SSSR count). The zero-order valence-corrected chi connectivity index (χ0v) is 18.9. The maximum Gasteiger partial charge on any atom is 0.282 e. The fourth-order valence-corrected chi connectivity index (χ4v) is 4.23. The van der Waals surface area contributed by atoms with Crippen molar-refractivity contribution in [1.29, 1.82) is 0 Å². The van der Waals surface area contributed by atoms with Crippen LogP contribution in [0, 0.1) is 20.8 Å². The lowest BCUT2D eigenvalue weighted by molar-refractivity contribution is 0.829. The van der Waals surface area contributed by atoms with Gasteiger partial charge in [0.05, 0.1) is 17.1 Å². The second kappa shape index (κ2) is 8.36. The second-order valence-corrected chi connectivity index (χ2v) is 8.13. The van der Waals surface area contributed by atoms with E-state index in [4.69, 9.17) is 4.98 Å². The van der Waals surface area contributed by atoms with Crippen LogP contribution in [0.2, 0.25) is 0 Å². The highest BCUT2D eigenvalue weighted by Crippen LogP contribution is 2.23. The molecule has 0 unspecified atom stereocenters. The first-order valence-corrected chi connectivity index (χ1v) is 10.9. The number of benzene rings is 3. The Morgan fingerprint density at radius 2 is 1.55 bits per heavy atom. The third kappa shape index (κ3) is 3.68. The number of hydrogen-bond acceptors (Lipinski definition) is 3. The molecule has 0 bridgehead atoms. The van der Waals surface area contributed by atoms with Crippen molar-refractivity contribution in [3.05, 3.63) is 118 Å². The molecule has 0 amide bonds. The van der Waals surface area contributed by atoms with Gasteiger partial charge in [0.15, 0.2) is 5.82 Å². The van der Waals surface area contributed by atoms with E-state index in [1.54, 1.807) is 12.3 Å². The summed E-state index contributed by atoms with van der Waals surface area (Å²) in [6.45, 7) is 6.25. The van der Waals surface area contributed by atoms with Gasteiger partial charge in [0.25, 0.3) is 5.56 Å². The maximum atomic E-state index is 13.4. The molecule has 0 saturated carbocycles. The smallest absolute Gasteiger partial charge is 0.282 e. The van der Waals surface area contributed by atoms with Crippen LogP contribution in [0.15, 0.2) is 94.8 Å². The van der Waals surface area contributed by atoms with Gasteiger partial charge in [-0.2, -0.15) is 9.78 Å². The molecule has 3 aromatic carbocycles. The highest BCUT2D eigenvalue weighted by Gasteiger charge is 2.14. The fraction of sp³-hybridized carbons (Fsp3) is 0.107. The summed E-state index contributed by atoms with van der Waals surface area (Å²) < 4.78 is 3.62. The summed E-state index contributed by atoms with van der Waals surface area (Å²) in [6, 6.07) is 27.4. The summed E-state index contributed by atoms with van der Waals surface area (Å²) >= 11 is 0. The number of para-hydroxylation sites is 2. The van der Waals surface area contributed by atoms with E-state index in [1.807, 2.05) is 60.7 Å². The van der Waals surface area contributed by atoms with Crippen molar-refractivity contribution in [3.8, 4) is 17.1 Å². The quantitative estimate of drug-likeness (QED) is 0.344. The van der Waals surface area contributed by atoms with E-state index in [0.29, 0.717) is 16.7 Å². The fourth-order valence-electron chi connectivity index (χ4n) is 4.23. The van der Waals surface area contributed by atoms with E-state index in [1.165, 1.54) is 10.2 Å². The summed E-state index contributed by atoms with van der Waals surface area (Å²) in [7, 11) is 0. The van der Waals surface area contributed by atoms with E-state index < -0.39 is 0 Å². The van der Waals surface area contributed by atoms with Gasteiger partial charge in [-0.25, -0.2) is 4.98 Å². The predicted octanol–water partition coefficient (Wildman–Crippen LogP) is 5.66. The minimum atomic E-state index is -0.191. The summed E-state index contributed by atoms with van der Waals surface area (Å²) in [6.07, 6.45) is 1.75. The minimum absolute atomic E-state index is 0.191. The summed E-state index contributed by atoms with van der Waals surface area (Å²) in [5, 5.41) is 5.18. The number of aromatic nitrogens is 3. The minimum Gasteiger partial charge on any atom is -0.318 e. The number of aryl methyl sites for hydroxylation is 2. The molecule has 0 aliphatic rings. The Hall–Kier alpha value is -4.25. The molecule has 0 N–H and O–H groups in total. The van der Waals surface area contributed by atoms with E-state index in [-0.39, 0.29) is 5.56 Å². The number of nitrogens with zero attached hydrogens (tertiary/aromatic N) is 4.